The van der Waals surface area contributed by atoms with Crippen LogP contribution in [-0.2, 0) is 0 Å². The molecular weight excluding hydrogens is 463 g/mol. The van der Waals surface area contributed by atoms with Crippen LogP contribution in [0.3, 0.4) is 0 Å². The summed E-state index contributed by atoms with van der Waals surface area (Å²) in [6, 6.07) is 5.22. The Morgan fingerprint density at radius 3 is 2.50 bits per heavy atom. The fourth-order valence-electron chi connectivity index (χ4n) is 4.25. The van der Waals surface area contributed by atoms with Crippen molar-refractivity contribution in [1.82, 2.24) is 4.98 Å². The van der Waals surface area contributed by atoms with E-state index in [1.165, 1.54) is 31.2 Å². The number of pyridine rings is 1. The molecule has 12 heteroatoms. The molecule has 1 aliphatic carbocycles. The molecule has 0 spiro atoms. The molecule has 1 unspecified atom stereocenters. The molecule has 0 fully saturated rings. The fourth-order valence-corrected chi connectivity index (χ4v) is 4.25. The van der Waals surface area contributed by atoms with Crippen LogP contribution in [0.25, 0.3) is 16.5 Å². The van der Waals surface area contributed by atoms with Crippen molar-refractivity contribution >= 4 is 27.9 Å². The lowest BCUT2D eigenvalue weighted by molar-refractivity contribution is -0.175. The van der Waals surface area contributed by atoms with Crippen LogP contribution in [0, 0.1) is 21.4 Å². The Labute approximate surface area is 187 Å². The summed E-state index contributed by atoms with van der Waals surface area (Å²) in [6.07, 6.45) is -4.90. The number of alkyl halides is 3. The molecule has 1 aliphatic rings. The Morgan fingerprint density at radius 2 is 1.88 bits per heavy atom. The number of fused-ring (bicyclic) bond motifs is 2. The van der Waals surface area contributed by atoms with Gasteiger partial charge in [0.1, 0.15) is 0 Å². The summed E-state index contributed by atoms with van der Waals surface area (Å²) in [5.74, 6) is -3.23. The average molecular weight is 478 g/mol. The number of hydrogen-bond acceptors (Lipinski definition) is 6. The Hall–Kier alpha value is -3.96. The van der Waals surface area contributed by atoms with Gasteiger partial charge in [-0.1, -0.05) is 13.0 Å². The summed E-state index contributed by atoms with van der Waals surface area (Å²) in [5.41, 5.74) is -5.66. The predicted molar refractivity (Wildman–Crippen MR) is 116 cm³/mol. The smallest absolute Gasteiger partial charge is 0.374 e. The number of allylic oxidation sites excluding steroid dienone is 1. The van der Waals surface area contributed by atoms with E-state index in [1.54, 1.807) is 0 Å². The third-order valence-electron chi connectivity index (χ3n) is 5.83. The summed E-state index contributed by atoms with van der Waals surface area (Å²) < 4.78 is 72.0. The summed E-state index contributed by atoms with van der Waals surface area (Å²) in [7, 11) is 0. The van der Waals surface area contributed by atoms with Crippen LogP contribution in [0.5, 0.6) is 0 Å². The summed E-state index contributed by atoms with van der Waals surface area (Å²) in [4.78, 5) is 37.4. The Morgan fingerprint density at radius 1 is 1.15 bits per heavy atom. The van der Waals surface area contributed by atoms with E-state index in [0.29, 0.717) is 12.1 Å². The molecule has 34 heavy (non-hydrogen) atoms. The Bertz CT molecular complexity index is 1420. The number of nitrogens with one attached hydrogen (secondary N) is 2. The number of benzene rings is 2. The van der Waals surface area contributed by atoms with Crippen molar-refractivity contribution < 1.29 is 22.0 Å². The largest absolute Gasteiger partial charge is 0.423 e. The number of halogens is 5. The first kappa shape index (κ1) is 23.2. The SMILES string of the molecule is CCC1=C[C@](N=O)(C(F)(F)F)C(Nc2cccc3[nH]c(=O)ccc23)c2cc(F)c(F)c(N=O)c21. The first-order valence-electron chi connectivity index (χ1n) is 9.95. The number of rotatable bonds is 5. The van der Waals surface area contributed by atoms with Gasteiger partial charge in [-0.3, -0.25) is 4.79 Å². The summed E-state index contributed by atoms with van der Waals surface area (Å²) in [5, 5.41) is 7.81. The lowest BCUT2D eigenvalue weighted by Gasteiger charge is -2.40. The van der Waals surface area contributed by atoms with Gasteiger partial charge in [0.15, 0.2) is 17.3 Å². The number of anilines is 1. The monoisotopic (exact) mass is 478 g/mol. The maximum Gasteiger partial charge on any atom is 0.423 e. The molecule has 3 aromatic rings. The van der Waals surface area contributed by atoms with Gasteiger partial charge in [-0.25, -0.2) is 8.78 Å². The quantitative estimate of drug-likeness (QED) is 0.335. The fraction of sp³-hybridized carbons (Fsp3) is 0.227. The van der Waals surface area contributed by atoms with E-state index in [1.807, 2.05) is 0 Å². The second-order valence-electron chi connectivity index (χ2n) is 7.68. The molecule has 0 saturated heterocycles. The van der Waals surface area contributed by atoms with Crippen LogP contribution in [0.1, 0.15) is 30.5 Å². The van der Waals surface area contributed by atoms with E-state index in [4.69, 9.17) is 0 Å². The van der Waals surface area contributed by atoms with Crippen LogP contribution < -0.4 is 10.9 Å². The van der Waals surface area contributed by atoms with E-state index >= 15 is 0 Å². The van der Waals surface area contributed by atoms with Crippen LogP contribution in [0.15, 0.2) is 57.6 Å². The summed E-state index contributed by atoms with van der Waals surface area (Å²) in [6.45, 7) is 1.42. The third-order valence-corrected chi connectivity index (χ3v) is 5.83. The highest BCUT2D eigenvalue weighted by atomic mass is 19.4. The maximum atomic E-state index is 14.4. The third kappa shape index (κ3) is 3.37. The zero-order valence-corrected chi connectivity index (χ0v) is 17.3. The normalized spacial score (nSPS) is 19.9. The van der Waals surface area contributed by atoms with Crippen LogP contribution in [0.4, 0.5) is 33.3 Å². The van der Waals surface area contributed by atoms with Gasteiger partial charge in [-0.15, -0.1) is 9.81 Å². The molecule has 1 heterocycles. The van der Waals surface area contributed by atoms with E-state index in [9.17, 15) is 36.6 Å². The van der Waals surface area contributed by atoms with E-state index in [0.717, 1.165) is 6.07 Å². The Balaban J connectivity index is 2.06. The number of nitrogens with zero attached hydrogens (tertiary/aromatic N) is 2. The summed E-state index contributed by atoms with van der Waals surface area (Å²) >= 11 is 0. The van der Waals surface area contributed by atoms with Crippen molar-refractivity contribution in [2.45, 2.75) is 31.1 Å². The van der Waals surface area contributed by atoms with Gasteiger partial charge < -0.3 is 10.3 Å². The molecule has 0 bridgehead atoms. The lowest BCUT2D eigenvalue weighted by atomic mass is 9.74. The van der Waals surface area contributed by atoms with Crippen LogP contribution in [0.2, 0.25) is 0 Å². The highest BCUT2D eigenvalue weighted by Gasteiger charge is 2.63. The first-order valence-corrected chi connectivity index (χ1v) is 9.95. The van der Waals surface area contributed by atoms with E-state index in [2.05, 4.69) is 20.7 Å². The second kappa shape index (κ2) is 8.12. The molecule has 2 atom stereocenters. The molecule has 0 aliphatic heterocycles. The van der Waals surface area contributed by atoms with Gasteiger partial charge >= 0.3 is 6.18 Å². The molecule has 0 amide bonds. The van der Waals surface area contributed by atoms with E-state index in [-0.39, 0.29) is 34.1 Å². The van der Waals surface area contributed by atoms with Gasteiger partial charge in [0.2, 0.25) is 11.1 Å². The number of aromatic nitrogens is 1. The zero-order valence-electron chi connectivity index (χ0n) is 17.3. The van der Waals surface area contributed by atoms with Gasteiger partial charge in [-0.2, -0.15) is 13.2 Å². The lowest BCUT2D eigenvalue weighted by Crippen LogP contribution is -2.51. The topological polar surface area (TPSA) is 104 Å². The molecule has 0 saturated carbocycles. The molecule has 2 aromatic carbocycles. The van der Waals surface area contributed by atoms with Gasteiger partial charge in [-0.05, 0) is 58.3 Å². The maximum absolute atomic E-state index is 14.4. The number of nitroso groups, excluding NO2 is 2. The van der Waals surface area contributed by atoms with Crippen molar-refractivity contribution in [1.29, 1.82) is 0 Å². The van der Waals surface area contributed by atoms with Gasteiger partial charge in [0.05, 0.1) is 11.6 Å². The van der Waals surface area contributed by atoms with Crippen molar-refractivity contribution in [3.8, 4) is 0 Å². The standard InChI is InChI=1S/C22H15F5N4O3/c1-2-10-9-21(31-34,22(25,26)27)20(12-8-13(23)18(24)19(30-33)17(10)12)29-15-5-3-4-14-11(15)6-7-16(32)28-14/h3-9,20,29H,2H2,1H3,(H,28,32)/t20?,21-/m1/s1. The van der Waals surface area contributed by atoms with Gasteiger partial charge in [0, 0.05) is 22.7 Å². The number of H-pyrrole nitrogens is 1. The molecule has 176 valence electrons. The number of aromatic amines is 1. The van der Waals surface area contributed by atoms with Crippen LogP contribution >= 0.6 is 0 Å². The van der Waals surface area contributed by atoms with Crippen molar-refractivity contribution in [2.24, 2.45) is 10.4 Å². The minimum atomic E-state index is -5.26. The predicted octanol–water partition coefficient (Wildman–Crippen LogP) is 6.23. The minimum absolute atomic E-state index is 0.0423. The first-order chi connectivity index (χ1) is 16.1. The zero-order chi connectivity index (χ0) is 24.8. The van der Waals surface area contributed by atoms with Crippen molar-refractivity contribution in [2.75, 3.05) is 5.32 Å². The van der Waals surface area contributed by atoms with E-state index < -0.39 is 46.2 Å². The minimum Gasteiger partial charge on any atom is -0.374 e. The molecule has 1 aromatic heterocycles. The molecule has 4 rings (SSSR count). The van der Waals surface area contributed by atoms with Gasteiger partial charge in [0.25, 0.3) is 0 Å². The number of hydrogen-bond donors (Lipinski definition) is 2. The van der Waals surface area contributed by atoms with Crippen molar-refractivity contribution in [3.05, 3.63) is 85.4 Å². The molecule has 0 radical (unpaired) electrons. The molecular formula is C22H15F5N4O3. The Kier molecular flexibility index (Phi) is 5.54. The average Bonchev–Trinajstić information content (AvgIpc) is 2.79. The second-order valence-corrected chi connectivity index (χ2v) is 7.68. The van der Waals surface area contributed by atoms with Crippen molar-refractivity contribution in [3.63, 3.8) is 0 Å². The van der Waals surface area contributed by atoms with Crippen LogP contribution in [-0.4, -0.2) is 16.7 Å². The highest BCUT2D eigenvalue weighted by Crippen LogP contribution is 2.54. The molecule has 7 nitrogen and oxygen atoms in total. The highest BCUT2D eigenvalue weighted by molar-refractivity contribution is 5.92. The molecule has 2 N–H and O–H groups in total.